The van der Waals surface area contributed by atoms with Gasteiger partial charge in [-0.2, -0.15) is 0 Å². The van der Waals surface area contributed by atoms with Gasteiger partial charge in [-0.1, -0.05) is 30.3 Å². The topological polar surface area (TPSA) is 45.7 Å². The second-order valence-corrected chi connectivity index (χ2v) is 8.68. The average Bonchev–Trinajstić information content (AvgIpc) is 3.19. The van der Waals surface area contributed by atoms with Gasteiger partial charge in [0.05, 0.1) is 6.61 Å². The molecule has 1 saturated heterocycles. The van der Waals surface area contributed by atoms with Gasteiger partial charge in [-0.05, 0) is 46.6 Å². The third-order valence-electron chi connectivity index (χ3n) is 4.85. The van der Waals surface area contributed by atoms with Gasteiger partial charge in [0.1, 0.15) is 16.4 Å². The second kappa shape index (κ2) is 8.97. The van der Waals surface area contributed by atoms with E-state index in [0.29, 0.717) is 30.3 Å². The number of halogens is 1. The van der Waals surface area contributed by atoms with Gasteiger partial charge in [-0.15, -0.1) is 11.3 Å². The van der Waals surface area contributed by atoms with E-state index < -0.39 is 0 Å². The van der Waals surface area contributed by atoms with E-state index in [9.17, 15) is 4.79 Å². The number of piperazine rings is 1. The highest BCUT2D eigenvalue weighted by atomic mass is 79.9. The molecule has 1 fully saturated rings. The molecule has 1 aliphatic rings. The fraction of sp³-hybridized carbons (Fsp3) is 0.273. The first-order valence-electron chi connectivity index (χ1n) is 9.63. The highest BCUT2D eigenvalue weighted by molar-refractivity contribution is 9.10. The maximum absolute atomic E-state index is 13.2. The van der Waals surface area contributed by atoms with E-state index in [4.69, 9.17) is 4.74 Å². The lowest BCUT2D eigenvalue weighted by Gasteiger charge is -2.35. The van der Waals surface area contributed by atoms with Gasteiger partial charge in [0, 0.05) is 41.7 Å². The van der Waals surface area contributed by atoms with Crippen LogP contribution in [0.1, 0.15) is 16.6 Å². The lowest BCUT2D eigenvalue weighted by Crippen LogP contribution is -2.48. The van der Waals surface area contributed by atoms with Gasteiger partial charge >= 0.3 is 0 Å². The van der Waals surface area contributed by atoms with Crippen molar-refractivity contribution in [3.05, 3.63) is 64.1 Å². The normalized spacial score (nSPS) is 14.1. The van der Waals surface area contributed by atoms with Gasteiger partial charge in [0.2, 0.25) is 0 Å². The predicted molar refractivity (Wildman–Crippen MR) is 121 cm³/mol. The van der Waals surface area contributed by atoms with Crippen LogP contribution in [0.4, 0.5) is 5.82 Å². The zero-order valence-corrected chi connectivity index (χ0v) is 18.6. The van der Waals surface area contributed by atoms with Crippen molar-refractivity contribution in [2.24, 2.45) is 0 Å². The first-order chi connectivity index (χ1) is 14.2. The van der Waals surface area contributed by atoms with Gasteiger partial charge < -0.3 is 14.5 Å². The van der Waals surface area contributed by atoms with Crippen LogP contribution in [0.25, 0.3) is 10.4 Å². The summed E-state index contributed by atoms with van der Waals surface area (Å²) in [6.07, 6.45) is 1.80. The number of aromatic nitrogens is 1. The summed E-state index contributed by atoms with van der Waals surface area (Å²) in [5.41, 5.74) is 1.10. The minimum absolute atomic E-state index is 0.0454. The molecule has 3 aromatic rings. The Morgan fingerprint density at radius 1 is 1.14 bits per heavy atom. The smallest absolute Gasteiger partial charge is 0.267 e. The predicted octanol–water partition coefficient (Wildman–Crippen LogP) is 4.93. The highest BCUT2D eigenvalue weighted by Gasteiger charge is 2.27. The van der Waals surface area contributed by atoms with Gasteiger partial charge in [-0.3, -0.25) is 4.79 Å². The Kier molecular flexibility index (Phi) is 6.16. The fourth-order valence-electron chi connectivity index (χ4n) is 3.37. The summed E-state index contributed by atoms with van der Waals surface area (Å²) >= 11 is 4.92. The number of nitrogens with zero attached hydrogens (tertiary/aromatic N) is 3. The van der Waals surface area contributed by atoms with Crippen molar-refractivity contribution in [1.29, 1.82) is 0 Å². The SMILES string of the molecule is CCOc1cc(-c2ccccc2)sc1C(=O)N1CCN(c2ccc(Br)cn2)CC1. The molecule has 1 aliphatic heterocycles. The molecule has 0 N–H and O–H groups in total. The minimum atomic E-state index is 0.0454. The van der Waals surface area contributed by atoms with Crippen molar-refractivity contribution in [1.82, 2.24) is 9.88 Å². The Bertz CT molecular complexity index is 967. The quantitative estimate of drug-likeness (QED) is 0.528. The summed E-state index contributed by atoms with van der Waals surface area (Å²) in [6, 6.07) is 16.1. The molecule has 0 aliphatic carbocycles. The summed E-state index contributed by atoms with van der Waals surface area (Å²) in [5, 5.41) is 0. The lowest BCUT2D eigenvalue weighted by molar-refractivity contribution is 0.0747. The number of amides is 1. The zero-order chi connectivity index (χ0) is 20.2. The van der Waals surface area contributed by atoms with Crippen LogP contribution in [-0.4, -0.2) is 48.6 Å². The van der Waals surface area contributed by atoms with Crippen molar-refractivity contribution >= 4 is 39.0 Å². The van der Waals surface area contributed by atoms with Crippen LogP contribution in [0.15, 0.2) is 59.2 Å². The summed E-state index contributed by atoms with van der Waals surface area (Å²) in [6.45, 7) is 5.34. The maximum atomic E-state index is 13.2. The first-order valence-corrected chi connectivity index (χ1v) is 11.2. The van der Waals surface area contributed by atoms with E-state index in [1.54, 1.807) is 6.20 Å². The standard InChI is InChI=1S/C22H22BrN3O2S/c1-2-28-18-14-19(16-6-4-3-5-7-16)29-21(18)22(27)26-12-10-25(11-13-26)20-9-8-17(23)15-24-20/h3-9,14-15H,2,10-13H2,1H3. The number of anilines is 1. The molecule has 0 saturated carbocycles. The summed E-state index contributed by atoms with van der Waals surface area (Å²) < 4.78 is 6.75. The number of hydrogen-bond donors (Lipinski definition) is 0. The molecule has 3 heterocycles. The molecule has 1 amide bonds. The number of thiophene rings is 1. The third kappa shape index (κ3) is 4.46. The van der Waals surface area contributed by atoms with Crippen molar-refractivity contribution in [3.8, 4) is 16.2 Å². The third-order valence-corrected chi connectivity index (χ3v) is 6.48. The number of hydrogen-bond acceptors (Lipinski definition) is 5. The lowest BCUT2D eigenvalue weighted by atomic mass is 10.2. The van der Waals surface area contributed by atoms with Crippen molar-refractivity contribution < 1.29 is 9.53 Å². The van der Waals surface area contributed by atoms with E-state index in [1.165, 1.54) is 11.3 Å². The van der Waals surface area contributed by atoms with E-state index in [-0.39, 0.29) is 5.91 Å². The molecule has 5 nitrogen and oxygen atoms in total. The second-order valence-electron chi connectivity index (χ2n) is 6.72. The number of ether oxygens (including phenoxy) is 1. The number of rotatable bonds is 5. The molecule has 0 bridgehead atoms. The molecular weight excluding hydrogens is 450 g/mol. The van der Waals surface area contributed by atoms with E-state index in [1.807, 2.05) is 48.2 Å². The Labute approximate surface area is 183 Å². The first kappa shape index (κ1) is 19.9. The molecule has 1 aromatic carbocycles. The summed E-state index contributed by atoms with van der Waals surface area (Å²) in [7, 11) is 0. The van der Waals surface area contributed by atoms with E-state index >= 15 is 0 Å². The molecule has 7 heteroatoms. The molecule has 29 heavy (non-hydrogen) atoms. The molecular formula is C22H22BrN3O2S. The molecule has 0 atom stereocenters. The van der Waals surface area contributed by atoms with Crippen LogP contribution in [0.3, 0.4) is 0 Å². The fourth-order valence-corrected chi connectivity index (χ4v) is 4.68. The number of carbonyl (C=O) groups is 1. The molecule has 0 radical (unpaired) electrons. The van der Waals surface area contributed by atoms with Crippen molar-refractivity contribution in [2.45, 2.75) is 6.92 Å². The van der Waals surface area contributed by atoms with E-state index in [0.717, 1.165) is 33.8 Å². The Morgan fingerprint density at radius 2 is 1.90 bits per heavy atom. The summed E-state index contributed by atoms with van der Waals surface area (Å²) in [4.78, 5) is 23.6. The minimum Gasteiger partial charge on any atom is -0.492 e. The molecule has 4 rings (SSSR count). The maximum Gasteiger partial charge on any atom is 0.267 e. The van der Waals surface area contributed by atoms with Crippen LogP contribution in [0, 0.1) is 0 Å². The van der Waals surface area contributed by atoms with Crippen LogP contribution in [0.5, 0.6) is 5.75 Å². The number of carbonyl (C=O) groups excluding carboxylic acids is 1. The Balaban J connectivity index is 1.49. The van der Waals surface area contributed by atoms with Crippen LogP contribution in [-0.2, 0) is 0 Å². The summed E-state index contributed by atoms with van der Waals surface area (Å²) in [5.74, 6) is 1.67. The van der Waals surface area contributed by atoms with Gasteiger partial charge in [0.15, 0.2) is 0 Å². The highest BCUT2D eigenvalue weighted by Crippen LogP contribution is 2.37. The Hall–Kier alpha value is -2.38. The Morgan fingerprint density at radius 3 is 2.55 bits per heavy atom. The van der Waals surface area contributed by atoms with Gasteiger partial charge in [0.25, 0.3) is 5.91 Å². The van der Waals surface area contributed by atoms with Crippen LogP contribution in [0.2, 0.25) is 0 Å². The molecule has 2 aromatic heterocycles. The van der Waals surface area contributed by atoms with Crippen molar-refractivity contribution in [3.63, 3.8) is 0 Å². The largest absolute Gasteiger partial charge is 0.492 e. The zero-order valence-electron chi connectivity index (χ0n) is 16.2. The van der Waals surface area contributed by atoms with E-state index in [2.05, 4.69) is 37.9 Å². The van der Waals surface area contributed by atoms with Crippen LogP contribution >= 0.6 is 27.3 Å². The molecule has 150 valence electrons. The monoisotopic (exact) mass is 471 g/mol. The van der Waals surface area contributed by atoms with Gasteiger partial charge in [-0.25, -0.2) is 4.98 Å². The van der Waals surface area contributed by atoms with Crippen LogP contribution < -0.4 is 9.64 Å². The molecule has 0 spiro atoms. The number of pyridine rings is 1. The molecule has 0 unspecified atom stereocenters. The average molecular weight is 472 g/mol. The number of benzene rings is 1. The van der Waals surface area contributed by atoms with Crippen molar-refractivity contribution in [2.75, 3.05) is 37.7 Å².